The summed E-state index contributed by atoms with van der Waals surface area (Å²) < 4.78 is 5.53. The summed E-state index contributed by atoms with van der Waals surface area (Å²) >= 11 is 5.96. The van der Waals surface area contributed by atoms with Crippen molar-refractivity contribution in [1.82, 2.24) is 4.90 Å². The number of carbonyl (C=O) groups is 1. The van der Waals surface area contributed by atoms with E-state index in [4.69, 9.17) is 22.2 Å². The van der Waals surface area contributed by atoms with Gasteiger partial charge in [-0.25, -0.2) is 0 Å². The van der Waals surface area contributed by atoms with Crippen LogP contribution in [0.2, 0.25) is 5.02 Å². The van der Waals surface area contributed by atoms with Gasteiger partial charge in [-0.1, -0.05) is 11.6 Å². The molecule has 2 atom stereocenters. The van der Waals surface area contributed by atoms with Crippen LogP contribution in [-0.4, -0.2) is 36.1 Å². The largest absolute Gasteiger partial charge is 0.375 e. The number of morpholine rings is 1. The average molecular weight is 284 g/mol. The number of hydrogen-bond acceptors (Lipinski definition) is 4. The lowest BCUT2D eigenvalue weighted by molar-refractivity contribution is -0.0386. The molecule has 1 aliphatic heterocycles. The fraction of sp³-hybridized carbons (Fsp3) is 0.462. The van der Waals surface area contributed by atoms with Crippen molar-refractivity contribution < 1.29 is 9.53 Å². The van der Waals surface area contributed by atoms with Crippen LogP contribution in [0.15, 0.2) is 18.2 Å². The Bertz CT molecular complexity index is 481. The molecule has 1 heterocycles. The first-order valence-electron chi connectivity index (χ1n) is 6.21. The van der Waals surface area contributed by atoms with Gasteiger partial charge in [0.25, 0.3) is 5.91 Å². The lowest BCUT2D eigenvalue weighted by Gasteiger charge is -2.37. The summed E-state index contributed by atoms with van der Waals surface area (Å²) in [7, 11) is 0. The summed E-state index contributed by atoms with van der Waals surface area (Å²) in [5.74, 6) is 5.36. The van der Waals surface area contributed by atoms with E-state index in [2.05, 4.69) is 5.43 Å². The molecule has 2 unspecified atom stereocenters. The van der Waals surface area contributed by atoms with Gasteiger partial charge in [0.1, 0.15) is 0 Å². The van der Waals surface area contributed by atoms with Crippen molar-refractivity contribution in [2.45, 2.75) is 26.0 Å². The minimum absolute atomic E-state index is 0.0355. The van der Waals surface area contributed by atoms with Gasteiger partial charge in [-0.05, 0) is 32.0 Å². The molecule has 6 heteroatoms. The molecule has 1 aromatic rings. The predicted octanol–water partition coefficient (Wildman–Crippen LogP) is 1.88. The van der Waals surface area contributed by atoms with Crippen molar-refractivity contribution in [3.63, 3.8) is 0 Å². The molecule has 0 spiro atoms. The van der Waals surface area contributed by atoms with Crippen LogP contribution in [0.3, 0.4) is 0 Å². The van der Waals surface area contributed by atoms with Crippen LogP contribution >= 0.6 is 11.6 Å². The molecule has 1 fully saturated rings. The second-order valence-corrected chi connectivity index (χ2v) is 5.22. The van der Waals surface area contributed by atoms with Gasteiger partial charge in [0.05, 0.1) is 30.0 Å². The number of anilines is 1. The van der Waals surface area contributed by atoms with Gasteiger partial charge in [0, 0.05) is 11.6 Å². The minimum Gasteiger partial charge on any atom is -0.375 e. The lowest BCUT2D eigenvalue weighted by Crippen LogP contribution is -2.50. The first-order valence-corrected chi connectivity index (χ1v) is 6.59. The predicted molar refractivity (Wildman–Crippen MR) is 75.2 cm³/mol. The molecule has 0 bridgehead atoms. The van der Waals surface area contributed by atoms with Crippen LogP contribution in [0.4, 0.5) is 5.69 Å². The second kappa shape index (κ2) is 5.77. The van der Waals surface area contributed by atoms with Crippen molar-refractivity contribution >= 4 is 23.2 Å². The van der Waals surface area contributed by atoms with Crippen molar-refractivity contribution in [3.8, 4) is 0 Å². The van der Waals surface area contributed by atoms with E-state index in [1.807, 2.05) is 13.8 Å². The number of rotatable bonds is 2. The van der Waals surface area contributed by atoms with Crippen LogP contribution in [-0.2, 0) is 4.74 Å². The van der Waals surface area contributed by atoms with Crippen LogP contribution in [0, 0.1) is 0 Å². The van der Waals surface area contributed by atoms with E-state index in [9.17, 15) is 4.79 Å². The van der Waals surface area contributed by atoms with Gasteiger partial charge in [-0.3, -0.25) is 10.6 Å². The van der Waals surface area contributed by atoms with E-state index in [1.54, 1.807) is 23.1 Å². The highest BCUT2D eigenvalue weighted by atomic mass is 35.5. The summed E-state index contributed by atoms with van der Waals surface area (Å²) in [5, 5.41) is 0.510. The molecule has 1 saturated heterocycles. The number of nitrogen functional groups attached to an aromatic ring is 1. The Labute approximate surface area is 117 Å². The van der Waals surface area contributed by atoms with Gasteiger partial charge < -0.3 is 15.1 Å². The topological polar surface area (TPSA) is 67.6 Å². The highest BCUT2D eigenvalue weighted by Gasteiger charge is 2.29. The molecule has 3 N–H and O–H groups in total. The molecular weight excluding hydrogens is 266 g/mol. The van der Waals surface area contributed by atoms with E-state index >= 15 is 0 Å². The zero-order chi connectivity index (χ0) is 14.0. The quantitative estimate of drug-likeness (QED) is 0.642. The zero-order valence-corrected chi connectivity index (χ0v) is 11.8. The molecule has 2 rings (SSSR count). The van der Waals surface area contributed by atoms with Crippen molar-refractivity contribution in [3.05, 3.63) is 28.8 Å². The van der Waals surface area contributed by atoms with Gasteiger partial charge in [0.2, 0.25) is 0 Å². The van der Waals surface area contributed by atoms with Crippen molar-refractivity contribution in [2.75, 3.05) is 18.6 Å². The summed E-state index contributed by atoms with van der Waals surface area (Å²) in [6.07, 6.45) is 0.0358. The summed E-state index contributed by atoms with van der Waals surface area (Å²) in [6, 6.07) is 5.06. The third-order valence-corrected chi connectivity index (χ3v) is 3.47. The highest BCUT2D eigenvalue weighted by Crippen LogP contribution is 2.24. The van der Waals surface area contributed by atoms with E-state index in [0.717, 1.165) is 0 Å². The van der Waals surface area contributed by atoms with Crippen LogP contribution in [0.1, 0.15) is 24.2 Å². The number of hydrazine groups is 1. The first kappa shape index (κ1) is 14.1. The Morgan fingerprint density at radius 2 is 2.26 bits per heavy atom. The number of carbonyl (C=O) groups excluding carboxylic acids is 1. The molecule has 19 heavy (non-hydrogen) atoms. The van der Waals surface area contributed by atoms with Crippen molar-refractivity contribution in [1.29, 1.82) is 0 Å². The molecule has 104 valence electrons. The molecule has 0 radical (unpaired) electrons. The fourth-order valence-corrected chi connectivity index (χ4v) is 2.33. The third-order valence-electron chi connectivity index (χ3n) is 3.24. The number of hydrogen-bond donors (Lipinski definition) is 2. The number of nitrogens with zero attached hydrogens (tertiary/aromatic N) is 1. The van der Waals surface area contributed by atoms with Gasteiger partial charge in [-0.2, -0.15) is 0 Å². The van der Waals surface area contributed by atoms with E-state index < -0.39 is 0 Å². The third kappa shape index (κ3) is 3.00. The average Bonchev–Trinajstić information content (AvgIpc) is 2.40. The summed E-state index contributed by atoms with van der Waals surface area (Å²) in [4.78, 5) is 14.4. The number of nitrogens with one attached hydrogen (secondary N) is 1. The number of nitrogens with two attached hydrogens (primary N) is 1. The monoisotopic (exact) mass is 283 g/mol. The number of halogens is 1. The molecule has 1 amide bonds. The number of amides is 1. The van der Waals surface area contributed by atoms with Crippen LogP contribution in [0.25, 0.3) is 0 Å². The maximum absolute atomic E-state index is 12.6. The zero-order valence-electron chi connectivity index (χ0n) is 11.0. The fourth-order valence-electron chi connectivity index (χ4n) is 2.16. The van der Waals surface area contributed by atoms with Gasteiger partial charge in [0.15, 0.2) is 0 Å². The van der Waals surface area contributed by atoms with Crippen molar-refractivity contribution in [2.24, 2.45) is 5.84 Å². The molecule has 0 aromatic heterocycles. The Hall–Kier alpha value is -1.30. The highest BCUT2D eigenvalue weighted by molar-refractivity contribution is 6.31. The molecule has 0 aliphatic carbocycles. The first-order chi connectivity index (χ1) is 9.02. The Morgan fingerprint density at radius 1 is 1.53 bits per heavy atom. The molecular formula is C13H18ClN3O2. The van der Waals surface area contributed by atoms with Gasteiger partial charge >= 0.3 is 0 Å². The molecule has 0 saturated carbocycles. The lowest BCUT2D eigenvalue weighted by atomic mass is 10.1. The normalized spacial score (nSPS) is 23.3. The second-order valence-electron chi connectivity index (χ2n) is 4.78. The van der Waals surface area contributed by atoms with E-state index in [-0.39, 0.29) is 18.1 Å². The Balaban J connectivity index is 2.30. The summed E-state index contributed by atoms with van der Waals surface area (Å²) in [6.45, 7) is 5.02. The summed E-state index contributed by atoms with van der Waals surface area (Å²) in [5.41, 5.74) is 3.58. The standard InChI is InChI=1S/C13H18ClN3O2/c1-8-7-19-9(2)6-17(8)13(18)11-5-10(14)3-4-12(11)16-15/h3-5,8-9,16H,6-7,15H2,1-2H3. The van der Waals surface area contributed by atoms with E-state index in [0.29, 0.717) is 29.4 Å². The number of ether oxygens (including phenoxy) is 1. The SMILES string of the molecule is CC1CN(C(=O)c2cc(Cl)ccc2NN)C(C)CO1. The van der Waals surface area contributed by atoms with Gasteiger partial charge in [-0.15, -0.1) is 0 Å². The Kier molecular flexibility index (Phi) is 4.29. The smallest absolute Gasteiger partial charge is 0.256 e. The number of benzene rings is 1. The van der Waals surface area contributed by atoms with E-state index in [1.165, 1.54) is 0 Å². The molecule has 1 aliphatic rings. The van der Waals surface area contributed by atoms with Crippen LogP contribution in [0.5, 0.6) is 0 Å². The molecule has 1 aromatic carbocycles. The maximum Gasteiger partial charge on any atom is 0.256 e. The Morgan fingerprint density at radius 3 is 2.95 bits per heavy atom. The maximum atomic E-state index is 12.6. The molecule has 5 nitrogen and oxygen atoms in total. The minimum atomic E-state index is -0.0851. The van der Waals surface area contributed by atoms with Crippen LogP contribution < -0.4 is 11.3 Å².